The molecule has 5 nitrogen and oxygen atoms in total. The molecule has 56 heavy (non-hydrogen) atoms. The predicted octanol–water partition coefficient (Wildman–Crippen LogP) is 13.2. The molecular weight excluding hydrogens is 685 g/mol. The summed E-state index contributed by atoms with van der Waals surface area (Å²) in [6.45, 7) is 0. The van der Waals surface area contributed by atoms with Gasteiger partial charge in [-0.3, -0.25) is 0 Å². The summed E-state index contributed by atoms with van der Waals surface area (Å²) in [5.41, 5.74) is 12.0. The van der Waals surface area contributed by atoms with Crippen LogP contribution in [0.2, 0.25) is 0 Å². The monoisotopic (exact) mass is 716 g/mol. The lowest BCUT2D eigenvalue weighted by molar-refractivity contribution is 0.666. The van der Waals surface area contributed by atoms with E-state index in [1.165, 1.54) is 21.9 Å². The smallest absolute Gasteiger partial charge is 0.164 e. The van der Waals surface area contributed by atoms with Gasteiger partial charge in [0.25, 0.3) is 0 Å². The zero-order valence-electron chi connectivity index (χ0n) is 30.2. The Kier molecular flexibility index (Phi) is 7.42. The van der Waals surface area contributed by atoms with Crippen molar-refractivity contribution in [2.24, 2.45) is 0 Å². The van der Waals surface area contributed by atoms with Crippen LogP contribution >= 0.6 is 0 Å². The van der Waals surface area contributed by atoms with Gasteiger partial charge in [-0.25, -0.2) is 15.0 Å². The lowest BCUT2D eigenvalue weighted by atomic mass is 9.96. The van der Waals surface area contributed by atoms with Crippen LogP contribution in [0.3, 0.4) is 0 Å². The van der Waals surface area contributed by atoms with Gasteiger partial charge in [0.2, 0.25) is 0 Å². The molecule has 0 fully saturated rings. The van der Waals surface area contributed by atoms with Gasteiger partial charge in [-0.1, -0.05) is 170 Å². The molecule has 11 aromatic rings. The number of benzene rings is 8. The van der Waals surface area contributed by atoms with Gasteiger partial charge in [0.15, 0.2) is 23.1 Å². The summed E-state index contributed by atoms with van der Waals surface area (Å²) in [7, 11) is 0. The Morgan fingerprint density at radius 2 is 0.839 bits per heavy atom. The minimum Gasteiger partial charge on any atom is -0.454 e. The highest BCUT2D eigenvalue weighted by Crippen LogP contribution is 2.46. The third-order valence-electron chi connectivity index (χ3n) is 10.7. The minimum absolute atomic E-state index is 0.583. The summed E-state index contributed by atoms with van der Waals surface area (Å²) in [4.78, 5) is 15.3. The molecule has 0 saturated carbocycles. The minimum atomic E-state index is 0.583. The van der Waals surface area contributed by atoms with Crippen LogP contribution in [-0.2, 0) is 0 Å². The highest BCUT2D eigenvalue weighted by atomic mass is 16.3. The number of rotatable bonds is 6. The number of hydrogen-bond donors (Lipinski definition) is 0. The van der Waals surface area contributed by atoms with Crippen LogP contribution in [0.15, 0.2) is 199 Å². The van der Waals surface area contributed by atoms with Crippen LogP contribution in [0.25, 0.3) is 106 Å². The first-order chi connectivity index (χ1) is 27.8. The number of furan rings is 1. The summed E-state index contributed by atoms with van der Waals surface area (Å²) in [5, 5.41) is 4.36. The van der Waals surface area contributed by atoms with Gasteiger partial charge in [-0.2, -0.15) is 0 Å². The topological polar surface area (TPSA) is 56.7 Å². The molecule has 0 spiro atoms. The first-order valence-corrected chi connectivity index (χ1v) is 18.8. The highest BCUT2D eigenvalue weighted by Gasteiger charge is 2.24. The lowest BCUT2D eigenvalue weighted by Crippen LogP contribution is -2.00. The van der Waals surface area contributed by atoms with E-state index in [0.29, 0.717) is 17.5 Å². The van der Waals surface area contributed by atoms with E-state index in [0.717, 1.165) is 66.5 Å². The third-order valence-corrected chi connectivity index (χ3v) is 10.7. The fraction of sp³-hybridized carbons (Fsp3) is 0. The van der Waals surface area contributed by atoms with Gasteiger partial charge in [0.05, 0.1) is 16.7 Å². The Morgan fingerprint density at radius 3 is 1.48 bits per heavy atom. The largest absolute Gasteiger partial charge is 0.454 e. The maximum Gasteiger partial charge on any atom is 0.164 e. The molecule has 3 aromatic heterocycles. The molecule has 0 unspecified atom stereocenters. The van der Waals surface area contributed by atoms with Crippen molar-refractivity contribution in [3.05, 3.63) is 194 Å². The maximum absolute atomic E-state index is 7.08. The van der Waals surface area contributed by atoms with Crippen molar-refractivity contribution in [1.29, 1.82) is 0 Å². The molecule has 0 atom stereocenters. The number of nitrogens with zero attached hydrogens (tertiary/aromatic N) is 4. The van der Waals surface area contributed by atoms with E-state index < -0.39 is 0 Å². The number of hydrogen-bond acceptors (Lipinski definition) is 4. The molecule has 0 bridgehead atoms. The molecular formula is C51H32N4O. The summed E-state index contributed by atoms with van der Waals surface area (Å²) < 4.78 is 9.44. The van der Waals surface area contributed by atoms with Crippen molar-refractivity contribution in [3.63, 3.8) is 0 Å². The Morgan fingerprint density at radius 1 is 0.339 bits per heavy atom. The van der Waals surface area contributed by atoms with Crippen LogP contribution in [0, 0.1) is 0 Å². The van der Waals surface area contributed by atoms with E-state index in [2.05, 4.69) is 126 Å². The van der Waals surface area contributed by atoms with Crippen LogP contribution in [0.1, 0.15) is 0 Å². The fourth-order valence-electron chi connectivity index (χ4n) is 8.19. The van der Waals surface area contributed by atoms with Crippen molar-refractivity contribution in [2.75, 3.05) is 0 Å². The Hall–Kier alpha value is -7.63. The zero-order chi connectivity index (χ0) is 37.0. The van der Waals surface area contributed by atoms with Gasteiger partial charge in [0, 0.05) is 38.2 Å². The predicted molar refractivity (Wildman–Crippen MR) is 229 cm³/mol. The van der Waals surface area contributed by atoms with E-state index in [1.807, 2.05) is 72.8 Å². The maximum atomic E-state index is 7.08. The number of aromatic nitrogens is 4. The van der Waals surface area contributed by atoms with Gasteiger partial charge in [0.1, 0.15) is 5.58 Å². The number of fused-ring (bicyclic) bond motifs is 6. The molecule has 8 aromatic carbocycles. The normalized spacial score (nSPS) is 11.6. The Labute approximate surface area is 322 Å². The molecule has 3 heterocycles. The van der Waals surface area contributed by atoms with Crippen LogP contribution in [0.5, 0.6) is 0 Å². The van der Waals surface area contributed by atoms with E-state index in [-0.39, 0.29) is 0 Å². The van der Waals surface area contributed by atoms with Crippen LogP contribution in [-0.4, -0.2) is 19.5 Å². The van der Waals surface area contributed by atoms with E-state index in [9.17, 15) is 0 Å². The second-order valence-electron chi connectivity index (χ2n) is 13.9. The molecule has 262 valence electrons. The van der Waals surface area contributed by atoms with Crippen LogP contribution in [0.4, 0.5) is 0 Å². The standard InChI is InChI=1S/C51H32N4O/c1-5-17-33(18-6-1)37-26-15-29-42-45(37)39-25-13-14-28-41(39)55(42)43-32-31-38(34-19-7-2-8-20-34)47-46-40(27-16-30-44(46)56-48(43)47)51-53-49(35-21-9-3-10-22-35)52-50(54-51)36-23-11-4-12-24-36/h1-32H. The fourth-order valence-corrected chi connectivity index (χ4v) is 8.19. The van der Waals surface area contributed by atoms with Gasteiger partial charge in [-0.15, -0.1) is 0 Å². The third kappa shape index (κ3) is 5.13. The quantitative estimate of drug-likeness (QED) is 0.172. The Bertz CT molecular complexity index is 3170. The second kappa shape index (κ2) is 13.0. The average Bonchev–Trinajstić information content (AvgIpc) is 3.84. The second-order valence-corrected chi connectivity index (χ2v) is 13.9. The molecule has 0 radical (unpaired) electrons. The van der Waals surface area contributed by atoms with E-state index >= 15 is 0 Å². The van der Waals surface area contributed by atoms with Gasteiger partial charge < -0.3 is 8.98 Å². The van der Waals surface area contributed by atoms with Crippen molar-refractivity contribution in [1.82, 2.24) is 19.5 Å². The van der Waals surface area contributed by atoms with Gasteiger partial charge in [-0.05, 0) is 46.5 Å². The van der Waals surface area contributed by atoms with E-state index in [4.69, 9.17) is 19.4 Å². The first-order valence-electron chi connectivity index (χ1n) is 18.8. The molecule has 0 saturated heterocycles. The molecule has 0 aliphatic heterocycles. The molecule has 0 aliphatic rings. The molecule has 11 rings (SSSR count). The first kappa shape index (κ1) is 31.9. The lowest BCUT2D eigenvalue weighted by Gasteiger charge is -2.13. The van der Waals surface area contributed by atoms with Crippen molar-refractivity contribution in [3.8, 4) is 62.1 Å². The van der Waals surface area contributed by atoms with E-state index in [1.54, 1.807) is 0 Å². The molecule has 0 N–H and O–H groups in total. The zero-order valence-corrected chi connectivity index (χ0v) is 30.2. The number of para-hydroxylation sites is 1. The molecule has 5 heteroatoms. The summed E-state index contributed by atoms with van der Waals surface area (Å²) in [6, 6.07) is 67.3. The van der Waals surface area contributed by atoms with Crippen LogP contribution < -0.4 is 0 Å². The van der Waals surface area contributed by atoms with Gasteiger partial charge >= 0.3 is 0 Å². The Balaban J connectivity index is 1.24. The molecule has 0 aliphatic carbocycles. The highest BCUT2D eigenvalue weighted by molar-refractivity contribution is 6.21. The average molecular weight is 717 g/mol. The van der Waals surface area contributed by atoms with Crippen molar-refractivity contribution in [2.45, 2.75) is 0 Å². The molecule has 0 amide bonds. The van der Waals surface area contributed by atoms with Crippen molar-refractivity contribution >= 4 is 43.7 Å². The summed E-state index contributed by atoms with van der Waals surface area (Å²) in [5.74, 6) is 1.81. The SMILES string of the molecule is c1ccc(-c2nc(-c3ccccc3)nc(-c3cccc4oc5c(-n6c7ccccc7c7c(-c8ccccc8)cccc76)ccc(-c6ccccc6)c5c34)n2)cc1. The van der Waals surface area contributed by atoms with Crippen molar-refractivity contribution < 1.29 is 4.42 Å². The summed E-state index contributed by atoms with van der Waals surface area (Å²) in [6.07, 6.45) is 0. The summed E-state index contributed by atoms with van der Waals surface area (Å²) >= 11 is 0.